The zero-order chi connectivity index (χ0) is 15.5. The molecule has 1 aliphatic rings. The minimum Gasteiger partial charge on any atom is -0.454 e. The maximum Gasteiger partial charge on any atom is 0.231 e. The summed E-state index contributed by atoms with van der Waals surface area (Å²) >= 11 is 0. The van der Waals surface area contributed by atoms with Crippen LogP contribution < -0.4 is 20.1 Å². The standard InChI is InChI=1S/C16H25N3O2.HI/c1-11(2)19-15(17-5)18-9-16(3,4)12-6-7-13-14(8-12)21-10-20-13;/h6-8,11H,9-10H2,1-5H3,(H2,17,18,19);1H. The summed E-state index contributed by atoms with van der Waals surface area (Å²) in [6.07, 6.45) is 0. The molecule has 2 N–H and O–H groups in total. The van der Waals surface area contributed by atoms with E-state index in [1.54, 1.807) is 7.05 Å². The number of halogens is 1. The molecule has 0 unspecified atom stereocenters. The Hall–Kier alpha value is -1.18. The van der Waals surface area contributed by atoms with Gasteiger partial charge in [-0.1, -0.05) is 19.9 Å². The van der Waals surface area contributed by atoms with E-state index in [9.17, 15) is 0 Å². The summed E-state index contributed by atoms with van der Waals surface area (Å²) in [7, 11) is 1.78. The van der Waals surface area contributed by atoms with E-state index in [0.29, 0.717) is 12.8 Å². The minimum absolute atomic E-state index is 0. The van der Waals surface area contributed by atoms with Gasteiger partial charge in [0.05, 0.1) is 0 Å². The quantitative estimate of drug-likeness (QED) is 0.448. The molecule has 0 fully saturated rings. The summed E-state index contributed by atoms with van der Waals surface area (Å²) in [5.74, 6) is 2.46. The first-order chi connectivity index (χ1) is 9.92. The van der Waals surface area contributed by atoms with Crippen molar-refractivity contribution in [2.45, 2.75) is 39.2 Å². The van der Waals surface area contributed by atoms with Gasteiger partial charge in [0.1, 0.15) is 0 Å². The fourth-order valence-electron chi connectivity index (χ4n) is 2.19. The Bertz CT molecular complexity index is 530. The van der Waals surface area contributed by atoms with Crippen LogP contribution in [-0.4, -0.2) is 32.4 Å². The maximum atomic E-state index is 5.45. The van der Waals surface area contributed by atoms with Crippen molar-refractivity contribution in [1.82, 2.24) is 10.6 Å². The van der Waals surface area contributed by atoms with E-state index in [0.717, 1.165) is 24.0 Å². The van der Waals surface area contributed by atoms with E-state index < -0.39 is 0 Å². The lowest BCUT2D eigenvalue weighted by Crippen LogP contribution is -2.45. The molecular weight excluding hydrogens is 393 g/mol. The molecule has 0 saturated carbocycles. The van der Waals surface area contributed by atoms with Gasteiger partial charge in [-0.05, 0) is 31.5 Å². The first-order valence-electron chi connectivity index (χ1n) is 7.29. The van der Waals surface area contributed by atoms with Crippen molar-refractivity contribution < 1.29 is 9.47 Å². The molecule has 0 aromatic heterocycles. The molecule has 0 aliphatic carbocycles. The number of nitrogens with one attached hydrogen (secondary N) is 2. The number of hydrogen-bond donors (Lipinski definition) is 2. The second-order valence-electron chi connectivity index (χ2n) is 6.18. The van der Waals surface area contributed by atoms with Gasteiger partial charge in [0, 0.05) is 25.0 Å². The smallest absolute Gasteiger partial charge is 0.231 e. The molecule has 6 heteroatoms. The predicted molar refractivity (Wildman–Crippen MR) is 101 cm³/mol. The van der Waals surface area contributed by atoms with Crippen LogP contribution in [0.15, 0.2) is 23.2 Å². The van der Waals surface area contributed by atoms with Gasteiger partial charge in [0.2, 0.25) is 6.79 Å². The normalized spacial score (nSPS) is 13.8. The number of rotatable bonds is 4. The van der Waals surface area contributed by atoms with E-state index in [4.69, 9.17) is 9.47 Å². The zero-order valence-electron chi connectivity index (χ0n) is 13.9. The average molecular weight is 419 g/mol. The molecule has 0 atom stereocenters. The van der Waals surface area contributed by atoms with Crippen molar-refractivity contribution in [2.75, 3.05) is 20.4 Å². The number of nitrogens with zero attached hydrogens (tertiary/aromatic N) is 1. The van der Waals surface area contributed by atoms with Crippen LogP contribution in [-0.2, 0) is 5.41 Å². The van der Waals surface area contributed by atoms with Gasteiger partial charge in [0.15, 0.2) is 17.5 Å². The summed E-state index contributed by atoms with van der Waals surface area (Å²) in [6.45, 7) is 9.66. The van der Waals surface area contributed by atoms with Crippen LogP contribution >= 0.6 is 24.0 Å². The second kappa shape index (κ2) is 7.89. The SMILES string of the molecule is CN=C(NCC(C)(C)c1ccc2c(c1)OCO2)NC(C)C.I. The molecule has 0 radical (unpaired) electrons. The topological polar surface area (TPSA) is 54.9 Å². The third-order valence-corrected chi connectivity index (χ3v) is 3.50. The van der Waals surface area contributed by atoms with Crippen LogP contribution in [0.4, 0.5) is 0 Å². The van der Waals surface area contributed by atoms with E-state index in [1.165, 1.54) is 5.56 Å². The Labute approximate surface area is 149 Å². The van der Waals surface area contributed by atoms with Crippen molar-refractivity contribution in [3.63, 3.8) is 0 Å². The molecule has 1 aromatic carbocycles. The number of fused-ring (bicyclic) bond motifs is 1. The number of benzene rings is 1. The highest BCUT2D eigenvalue weighted by Crippen LogP contribution is 2.36. The monoisotopic (exact) mass is 419 g/mol. The molecular formula is C16H26IN3O2. The Balaban J connectivity index is 0.00000242. The van der Waals surface area contributed by atoms with Crippen LogP contribution in [0.2, 0.25) is 0 Å². The highest BCUT2D eigenvalue weighted by molar-refractivity contribution is 14.0. The molecule has 0 saturated heterocycles. The van der Waals surface area contributed by atoms with Gasteiger partial charge in [-0.3, -0.25) is 4.99 Å². The lowest BCUT2D eigenvalue weighted by molar-refractivity contribution is 0.174. The highest BCUT2D eigenvalue weighted by Gasteiger charge is 2.24. The first kappa shape index (κ1) is 18.9. The van der Waals surface area contributed by atoms with E-state index in [2.05, 4.69) is 55.5 Å². The molecule has 22 heavy (non-hydrogen) atoms. The Morgan fingerprint density at radius 1 is 1.27 bits per heavy atom. The highest BCUT2D eigenvalue weighted by atomic mass is 127. The number of guanidine groups is 1. The molecule has 1 aliphatic heterocycles. The Kier molecular flexibility index (Phi) is 6.77. The minimum atomic E-state index is -0.0461. The molecule has 5 nitrogen and oxygen atoms in total. The number of aliphatic imine (C=N–C) groups is 1. The maximum absolute atomic E-state index is 5.45. The first-order valence-corrected chi connectivity index (χ1v) is 7.29. The van der Waals surface area contributed by atoms with Crippen molar-refractivity contribution in [3.8, 4) is 11.5 Å². The van der Waals surface area contributed by atoms with Crippen molar-refractivity contribution in [1.29, 1.82) is 0 Å². The summed E-state index contributed by atoms with van der Waals surface area (Å²) in [5, 5.41) is 6.66. The summed E-state index contributed by atoms with van der Waals surface area (Å²) in [4.78, 5) is 4.23. The van der Waals surface area contributed by atoms with Crippen LogP contribution in [0.5, 0.6) is 11.5 Å². The van der Waals surface area contributed by atoms with Gasteiger partial charge in [-0.2, -0.15) is 0 Å². The average Bonchev–Trinajstić information content (AvgIpc) is 2.90. The van der Waals surface area contributed by atoms with Crippen LogP contribution in [0.25, 0.3) is 0 Å². The Morgan fingerprint density at radius 2 is 1.95 bits per heavy atom. The molecule has 0 amide bonds. The fraction of sp³-hybridized carbons (Fsp3) is 0.562. The second-order valence-corrected chi connectivity index (χ2v) is 6.18. The molecule has 1 heterocycles. The van der Waals surface area contributed by atoms with Gasteiger partial charge >= 0.3 is 0 Å². The lowest BCUT2D eigenvalue weighted by atomic mass is 9.84. The molecule has 0 spiro atoms. The number of ether oxygens (including phenoxy) is 2. The summed E-state index contributed by atoms with van der Waals surface area (Å²) < 4.78 is 10.8. The van der Waals surface area contributed by atoms with E-state index in [1.807, 2.05) is 6.07 Å². The third-order valence-electron chi connectivity index (χ3n) is 3.50. The largest absolute Gasteiger partial charge is 0.454 e. The summed E-state index contributed by atoms with van der Waals surface area (Å²) in [6, 6.07) is 6.47. The van der Waals surface area contributed by atoms with Gasteiger partial charge in [-0.25, -0.2) is 0 Å². The lowest BCUT2D eigenvalue weighted by Gasteiger charge is -2.27. The third kappa shape index (κ3) is 4.66. The van der Waals surface area contributed by atoms with Gasteiger partial charge < -0.3 is 20.1 Å². The van der Waals surface area contributed by atoms with Gasteiger partial charge in [0.25, 0.3) is 0 Å². The van der Waals surface area contributed by atoms with E-state index in [-0.39, 0.29) is 29.4 Å². The molecule has 124 valence electrons. The molecule has 0 bridgehead atoms. The van der Waals surface area contributed by atoms with Gasteiger partial charge in [-0.15, -0.1) is 24.0 Å². The van der Waals surface area contributed by atoms with Crippen molar-refractivity contribution >= 4 is 29.9 Å². The van der Waals surface area contributed by atoms with Crippen LogP contribution in [0, 0.1) is 0 Å². The fourth-order valence-corrected chi connectivity index (χ4v) is 2.19. The zero-order valence-corrected chi connectivity index (χ0v) is 16.2. The molecule has 2 rings (SSSR count). The van der Waals surface area contributed by atoms with Crippen LogP contribution in [0.3, 0.4) is 0 Å². The molecule has 1 aromatic rings. The van der Waals surface area contributed by atoms with Crippen LogP contribution in [0.1, 0.15) is 33.3 Å². The number of hydrogen-bond acceptors (Lipinski definition) is 3. The van der Waals surface area contributed by atoms with E-state index >= 15 is 0 Å². The van der Waals surface area contributed by atoms with Crippen molar-refractivity contribution in [2.24, 2.45) is 4.99 Å². The summed E-state index contributed by atoms with van der Waals surface area (Å²) in [5.41, 5.74) is 1.16. The van der Waals surface area contributed by atoms with Crippen molar-refractivity contribution in [3.05, 3.63) is 23.8 Å². The Morgan fingerprint density at radius 3 is 2.59 bits per heavy atom. The predicted octanol–water partition coefficient (Wildman–Crippen LogP) is 2.88.